The average molecular weight is 229 g/mol. The maximum atomic E-state index is 11.2. The van der Waals surface area contributed by atoms with Crippen molar-refractivity contribution in [2.45, 2.75) is 6.42 Å². The molecule has 0 N–H and O–H groups in total. The lowest BCUT2D eigenvalue weighted by atomic mass is 9.97. The molecule has 1 nitrogen and oxygen atoms in total. The molecule has 0 spiro atoms. The van der Waals surface area contributed by atoms with Crippen LogP contribution in [0.3, 0.4) is 0 Å². The van der Waals surface area contributed by atoms with Gasteiger partial charge in [0.05, 0.1) is 5.34 Å². The van der Waals surface area contributed by atoms with E-state index in [1.54, 1.807) is 0 Å². The van der Waals surface area contributed by atoms with Crippen molar-refractivity contribution in [2.24, 2.45) is 0 Å². The molecule has 0 fully saturated rings. The highest BCUT2D eigenvalue weighted by Crippen LogP contribution is 2.17. The van der Waals surface area contributed by atoms with Crippen LogP contribution in [0.25, 0.3) is 6.08 Å². The summed E-state index contributed by atoms with van der Waals surface area (Å²) in [6.45, 7) is 0. The number of carbonyl (C=O) groups is 1. The van der Waals surface area contributed by atoms with Gasteiger partial charge >= 0.3 is 0 Å². The molecular weight excluding hydrogens is 219 g/mol. The number of Topliss-reactive ketones (excluding diaryl/α,β-unsaturated/α-hetero) is 1. The zero-order chi connectivity index (χ0) is 10.4. The van der Waals surface area contributed by atoms with E-state index in [9.17, 15) is 4.79 Å². The molecule has 74 valence electrons. The van der Waals surface area contributed by atoms with Gasteiger partial charge in [0.1, 0.15) is 0 Å². The molecule has 0 unspecified atom stereocenters. The molecule has 3 heteroatoms. The number of alkyl halides is 2. The summed E-state index contributed by atoms with van der Waals surface area (Å²) in [5.41, 5.74) is 1.90. The molecule has 0 radical (unpaired) electrons. The Kier molecular flexibility index (Phi) is 4.71. The summed E-state index contributed by atoms with van der Waals surface area (Å²) >= 11 is 9.53. The number of ketones is 1. The third-order valence-electron chi connectivity index (χ3n) is 1.86. The minimum Gasteiger partial charge on any atom is -0.294 e. The number of hydrogen-bond donors (Lipinski definition) is 0. The van der Waals surface area contributed by atoms with Gasteiger partial charge in [-0.05, 0) is 5.56 Å². The molecule has 1 aliphatic rings. The van der Waals surface area contributed by atoms with Gasteiger partial charge in [0.2, 0.25) is 0 Å². The lowest BCUT2D eigenvalue weighted by Gasteiger charge is -2.07. The number of hydrogen-bond acceptors (Lipinski definition) is 1. The smallest absolute Gasteiger partial charge is 0.167 e. The first-order valence-electron chi connectivity index (χ1n) is 4.20. The fraction of sp³-hybridized carbons (Fsp3) is 0.182. The summed E-state index contributed by atoms with van der Waals surface area (Å²) in [6.07, 6.45) is 4.46. The number of allylic oxidation sites excluding steroid dienone is 1. The summed E-state index contributed by atoms with van der Waals surface area (Å²) < 4.78 is 0. The molecular formula is C11H10Cl2O. The van der Waals surface area contributed by atoms with Crippen molar-refractivity contribution >= 4 is 35.1 Å². The van der Waals surface area contributed by atoms with Crippen molar-refractivity contribution in [3.8, 4) is 0 Å². The van der Waals surface area contributed by atoms with E-state index in [0.29, 0.717) is 6.42 Å². The Labute approximate surface area is 93.3 Å². The van der Waals surface area contributed by atoms with Crippen LogP contribution in [0.4, 0.5) is 0 Å². The van der Waals surface area contributed by atoms with Crippen molar-refractivity contribution < 1.29 is 4.79 Å². The molecule has 1 aliphatic carbocycles. The fourth-order valence-corrected chi connectivity index (χ4v) is 1.30. The second-order valence-electron chi connectivity index (χ2n) is 2.72. The Morgan fingerprint density at radius 2 is 1.86 bits per heavy atom. The Morgan fingerprint density at radius 1 is 1.21 bits per heavy atom. The summed E-state index contributed by atoms with van der Waals surface area (Å²) in [5.74, 6) is 0.225. The van der Waals surface area contributed by atoms with Gasteiger partial charge in [0, 0.05) is 12.0 Å². The first kappa shape index (κ1) is 11.3. The van der Waals surface area contributed by atoms with Gasteiger partial charge in [0.25, 0.3) is 0 Å². The first-order chi connectivity index (χ1) is 6.79. The van der Waals surface area contributed by atoms with Crippen molar-refractivity contribution in [3.05, 3.63) is 41.5 Å². The Balaban J connectivity index is 0.000000293. The summed E-state index contributed by atoms with van der Waals surface area (Å²) in [6, 6.07) is 7.68. The van der Waals surface area contributed by atoms with Gasteiger partial charge in [-0.25, -0.2) is 0 Å². The van der Waals surface area contributed by atoms with Crippen LogP contribution in [0, 0.1) is 0 Å². The van der Waals surface area contributed by atoms with Crippen molar-refractivity contribution in [1.29, 1.82) is 0 Å². The highest BCUT2D eigenvalue weighted by atomic mass is 35.5. The number of fused-ring (bicyclic) bond motifs is 1. The van der Waals surface area contributed by atoms with Gasteiger partial charge in [-0.3, -0.25) is 4.79 Å². The third kappa shape index (κ3) is 2.86. The first-order valence-corrected chi connectivity index (χ1v) is 5.27. The molecule has 1 aromatic carbocycles. The quantitative estimate of drug-likeness (QED) is 0.620. The molecule has 2 rings (SSSR count). The molecule has 0 heterocycles. The Morgan fingerprint density at radius 3 is 2.50 bits per heavy atom. The third-order valence-corrected chi connectivity index (χ3v) is 1.86. The Hall–Kier alpha value is -0.790. The molecule has 0 bridgehead atoms. The zero-order valence-corrected chi connectivity index (χ0v) is 9.05. The monoisotopic (exact) mass is 228 g/mol. The minimum absolute atomic E-state index is 0.194. The van der Waals surface area contributed by atoms with Crippen LogP contribution in [0.5, 0.6) is 0 Å². The molecule has 0 atom stereocenters. The van der Waals surface area contributed by atoms with E-state index in [2.05, 4.69) is 0 Å². The van der Waals surface area contributed by atoms with E-state index in [-0.39, 0.29) is 11.1 Å². The molecule has 14 heavy (non-hydrogen) atoms. The van der Waals surface area contributed by atoms with Crippen LogP contribution >= 0.6 is 23.2 Å². The van der Waals surface area contributed by atoms with Crippen LogP contribution in [-0.2, 0) is 0 Å². The fourth-order valence-electron chi connectivity index (χ4n) is 1.30. The van der Waals surface area contributed by atoms with Crippen LogP contribution in [-0.4, -0.2) is 11.1 Å². The van der Waals surface area contributed by atoms with Gasteiger partial charge in [-0.2, -0.15) is 0 Å². The largest absolute Gasteiger partial charge is 0.294 e. The van der Waals surface area contributed by atoms with Crippen molar-refractivity contribution in [1.82, 2.24) is 0 Å². The summed E-state index contributed by atoms with van der Waals surface area (Å²) in [7, 11) is 0. The van der Waals surface area contributed by atoms with Crippen LogP contribution in [0.2, 0.25) is 0 Å². The van der Waals surface area contributed by atoms with E-state index in [0.717, 1.165) is 11.1 Å². The van der Waals surface area contributed by atoms with E-state index in [1.807, 2.05) is 36.4 Å². The number of halogens is 2. The van der Waals surface area contributed by atoms with E-state index in [1.165, 1.54) is 0 Å². The SMILES string of the molecule is ClCCl.O=C1CC=Cc2ccccc21. The molecule has 0 amide bonds. The molecule has 0 saturated carbocycles. The minimum atomic E-state index is 0.194. The average Bonchev–Trinajstić information content (AvgIpc) is 2.20. The van der Waals surface area contributed by atoms with Gasteiger partial charge < -0.3 is 0 Å². The zero-order valence-electron chi connectivity index (χ0n) is 7.54. The molecule has 0 aromatic heterocycles. The van der Waals surface area contributed by atoms with Crippen molar-refractivity contribution in [2.75, 3.05) is 5.34 Å². The van der Waals surface area contributed by atoms with Gasteiger partial charge in [-0.1, -0.05) is 36.4 Å². The second-order valence-corrected chi connectivity index (χ2v) is 3.53. The Bertz CT molecular complexity index is 345. The number of rotatable bonds is 0. The second kappa shape index (κ2) is 5.84. The van der Waals surface area contributed by atoms with Gasteiger partial charge in [-0.15, -0.1) is 23.2 Å². The van der Waals surface area contributed by atoms with E-state index >= 15 is 0 Å². The maximum Gasteiger partial charge on any atom is 0.167 e. The molecule has 1 aromatic rings. The summed E-state index contributed by atoms with van der Waals surface area (Å²) in [5, 5.41) is 0.194. The predicted octanol–water partition coefficient (Wildman–Crippen LogP) is 3.71. The number of benzene rings is 1. The molecule has 0 aliphatic heterocycles. The van der Waals surface area contributed by atoms with Crippen LogP contribution < -0.4 is 0 Å². The highest BCUT2D eigenvalue weighted by molar-refractivity contribution is 6.40. The van der Waals surface area contributed by atoms with Gasteiger partial charge in [0.15, 0.2) is 5.78 Å². The normalized spacial score (nSPS) is 12.9. The lowest BCUT2D eigenvalue weighted by molar-refractivity contribution is 0.0994. The predicted molar refractivity (Wildman–Crippen MR) is 61.0 cm³/mol. The van der Waals surface area contributed by atoms with Crippen LogP contribution in [0.1, 0.15) is 22.3 Å². The molecule has 0 saturated heterocycles. The summed E-state index contributed by atoms with van der Waals surface area (Å²) in [4.78, 5) is 11.2. The van der Waals surface area contributed by atoms with E-state index < -0.39 is 0 Å². The lowest BCUT2D eigenvalue weighted by Crippen LogP contribution is -2.02. The van der Waals surface area contributed by atoms with Crippen molar-refractivity contribution in [3.63, 3.8) is 0 Å². The maximum absolute atomic E-state index is 11.2. The topological polar surface area (TPSA) is 17.1 Å². The standard InChI is InChI=1S/C10H8O.CH2Cl2/c11-10-7-3-5-8-4-1-2-6-9(8)10;2-1-3/h1-6H,7H2;1H2. The number of carbonyl (C=O) groups excluding carboxylic acids is 1. The van der Waals surface area contributed by atoms with E-state index in [4.69, 9.17) is 23.2 Å². The van der Waals surface area contributed by atoms with Crippen LogP contribution in [0.15, 0.2) is 30.3 Å². The highest BCUT2D eigenvalue weighted by Gasteiger charge is 2.10.